The predicted octanol–water partition coefficient (Wildman–Crippen LogP) is 3.91. The minimum Gasteiger partial charge on any atom is -0.497 e. The first-order chi connectivity index (χ1) is 13.1. The molecule has 6 nitrogen and oxygen atoms in total. The Labute approximate surface area is 166 Å². The van der Waals surface area contributed by atoms with Gasteiger partial charge in [0.25, 0.3) is 5.91 Å². The largest absolute Gasteiger partial charge is 0.497 e. The maximum absolute atomic E-state index is 12.5. The van der Waals surface area contributed by atoms with Gasteiger partial charge in [0, 0.05) is 30.8 Å². The van der Waals surface area contributed by atoms with Gasteiger partial charge in [0.05, 0.1) is 18.3 Å². The zero-order valence-electron chi connectivity index (χ0n) is 14.6. The lowest BCUT2D eigenvalue weighted by Gasteiger charge is -2.14. The van der Waals surface area contributed by atoms with Crippen molar-refractivity contribution in [2.24, 2.45) is 0 Å². The van der Waals surface area contributed by atoms with Gasteiger partial charge in [0.2, 0.25) is 5.91 Å². The molecule has 1 aliphatic heterocycles. The Morgan fingerprint density at radius 3 is 2.96 bits per heavy atom. The Bertz CT molecular complexity index is 878. The highest BCUT2D eigenvalue weighted by Gasteiger charge is 2.31. The summed E-state index contributed by atoms with van der Waals surface area (Å²) in [6.45, 7) is 0.395. The molecule has 3 rings (SSSR count). The van der Waals surface area contributed by atoms with Gasteiger partial charge in [-0.1, -0.05) is 30.0 Å². The van der Waals surface area contributed by atoms with Gasteiger partial charge in [-0.25, -0.2) is 0 Å². The van der Waals surface area contributed by atoms with Gasteiger partial charge in [-0.3, -0.25) is 14.5 Å². The van der Waals surface area contributed by atoms with Crippen LogP contribution in [-0.2, 0) is 9.59 Å². The summed E-state index contributed by atoms with van der Waals surface area (Å²) >= 11 is 6.52. The van der Waals surface area contributed by atoms with Crippen molar-refractivity contribution in [2.75, 3.05) is 19.0 Å². The van der Waals surface area contributed by atoms with E-state index in [1.807, 2.05) is 0 Å². The monoisotopic (exact) mass is 402 g/mol. The Morgan fingerprint density at radius 2 is 2.22 bits per heavy atom. The van der Waals surface area contributed by atoms with Crippen molar-refractivity contribution in [2.45, 2.75) is 12.8 Å². The van der Waals surface area contributed by atoms with E-state index in [0.717, 1.165) is 0 Å². The molecule has 2 aromatic rings. The van der Waals surface area contributed by atoms with Crippen molar-refractivity contribution < 1.29 is 18.7 Å². The molecule has 0 saturated carbocycles. The van der Waals surface area contributed by atoms with Crippen molar-refractivity contribution in [3.8, 4) is 5.75 Å². The second kappa shape index (κ2) is 8.88. The van der Waals surface area contributed by atoms with Crippen molar-refractivity contribution >= 4 is 51.9 Å². The van der Waals surface area contributed by atoms with E-state index in [1.54, 1.807) is 55.8 Å². The van der Waals surface area contributed by atoms with Crippen LogP contribution in [0.15, 0.2) is 52.0 Å². The summed E-state index contributed by atoms with van der Waals surface area (Å²) in [6, 6.07) is 10.7. The minimum absolute atomic E-state index is 0.125. The number of carbonyl (C=O) groups excluding carboxylic acids is 2. The lowest BCUT2D eigenvalue weighted by Crippen LogP contribution is -2.29. The zero-order valence-corrected chi connectivity index (χ0v) is 16.3. The lowest BCUT2D eigenvalue weighted by atomic mass is 10.2. The number of thioether (sulfide) groups is 1. The van der Waals surface area contributed by atoms with Crippen LogP contribution in [0.5, 0.6) is 5.75 Å². The molecule has 1 aromatic carbocycles. The first kappa shape index (κ1) is 19.2. The SMILES string of the molecule is COc1cccc(NC(=O)CCCN2C(=O)/C(=C\c3ccco3)SC2=S)c1. The van der Waals surface area contributed by atoms with Gasteiger partial charge < -0.3 is 14.5 Å². The summed E-state index contributed by atoms with van der Waals surface area (Å²) in [7, 11) is 1.57. The van der Waals surface area contributed by atoms with E-state index in [9.17, 15) is 9.59 Å². The molecule has 27 heavy (non-hydrogen) atoms. The van der Waals surface area contributed by atoms with E-state index in [4.69, 9.17) is 21.4 Å². The number of methoxy groups -OCH3 is 1. The number of thiocarbonyl (C=S) groups is 1. The Balaban J connectivity index is 1.50. The maximum atomic E-state index is 12.5. The molecular weight excluding hydrogens is 384 g/mol. The molecule has 0 bridgehead atoms. The van der Waals surface area contributed by atoms with E-state index in [0.29, 0.717) is 39.4 Å². The lowest BCUT2D eigenvalue weighted by molar-refractivity contribution is -0.122. The predicted molar refractivity (Wildman–Crippen MR) is 109 cm³/mol. The second-order valence-corrected chi connectivity index (χ2v) is 7.41. The first-order valence-corrected chi connectivity index (χ1v) is 9.52. The third kappa shape index (κ3) is 4.99. The summed E-state index contributed by atoms with van der Waals surface area (Å²) in [6.07, 6.45) is 4.02. The van der Waals surface area contributed by atoms with Crippen LogP contribution in [0.1, 0.15) is 18.6 Å². The van der Waals surface area contributed by atoms with Crippen molar-refractivity contribution in [1.29, 1.82) is 0 Å². The number of benzene rings is 1. The van der Waals surface area contributed by atoms with Crippen LogP contribution in [0.25, 0.3) is 6.08 Å². The average molecular weight is 402 g/mol. The average Bonchev–Trinajstić information content (AvgIpc) is 3.25. The van der Waals surface area contributed by atoms with E-state index in [1.165, 1.54) is 16.7 Å². The van der Waals surface area contributed by atoms with Gasteiger partial charge >= 0.3 is 0 Å². The Kier molecular flexibility index (Phi) is 6.31. The van der Waals surface area contributed by atoms with Crippen molar-refractivity contribution in [3.05, 3.63) is 53.3 Å². The number of furan rings is 1. The fourth-order valence-electron chi connectivity index (χ4n) is 2.52. The number of anilines is 1. The van der Waals surface area contributed by atoms with Crippen LogP contribution in [0.2, 0.25) is 0 Å². The third-order valence-electron chi connectivity index (χ3n) is 3.83. The molecule has 1 aromatic heterocycles. The van der Waals surface area contributed by atoms with Crippen LogP contribution in [0, 0.1) is 0 Å². The quantitative estimate of drug-likeness (QED) is 0.559. The second-order valence-electron chi connectivity index (χ2n) is 5.73. The van der Waals surface area contributed by atoms with Gasteiger partial charge in [0.1, 0.15) is 15.8 Å². The van der Waals surface area contributed by atoms with E-state index in [2.05, 4.69) is 5.32 Å². The zero-order chi connectivity index (χ0) is 19.2. The summed E-state index contributed by atoms with van der Waals surface area (Å²) in [5.74, 6) is 0.997. The summed E-state index contributed by atoms with van der Waals surface area (Å²) in [5, 5.41) is 2.82. The molecule has 1 fully saturated rings. The highest BCUT2D eigenvalue weighted by Crippen LogP contribution is 2.32. The summed E-state index contributed by atoms with van der Waals surface area (Å²) in [4.78, 5) is 26.6. The number of ether oxygens (including phenoxy) is 1. The molecule has 2 amide bonds. The molecule has 140 valence electrons. The first-order valence-electron chi connectivity index (χ1n) is 8.29. The molecule has 8 heteroatoms. The Morgan fingerprint density at radius 1 is 1.37 bits per heavy atom. The topological polar surface area (TPSA) is 71.8 Å². The molecule has 0 aliphatic carbocycles. The van der Waals surface area contributed by atoms with E-state index < -0.39 is 0 Å². The molecule has 0 unspecified atom stereocenters. The molecule has 0 atom stereocenters. The molecule has 0 spiro atoms. The van der Waals surface area contributed by atoms with Crippen molar-refractivity contribution in [3.63, 3.8) is 0 Å². The minimum atomic E-state index is -0.158. The number of hydrogen-bond acceptors (Lipinski definition) is 6. The fraction of sp³-hybridized carbons (Fsp3) is 0.211. The maximum Gasteiger partial charge on any atom is 0.266 e. The van der Waals surface area contributed by atoms with Crippen LogP contribution < -0.4 is 10.1 Å². The molecule has 0 radical (unpaired) electrons. The third-order valence-corrected chi connectivity index (χ3v) is 5.21. The number of nitrogens with zero attached hydrogens (tertiary/aromatic N) is 1. The van der Waals surface area contributed by atoms with Gasteiger partial charge in [-0.15, -0.1) is 0 Å². The number of carbonyl (C=O) groups is 2. The van der Waals surface area contributed by atoms with E-state index >= 15 is 0 Å². The number of nitrogens with one attached hydrogen (secondary N) is 1. The fourth-order valence-corrected chi connectivity index (χ4v) is 3.81. The van der Waals surface area contributed by atoms with Gasteiger partial charge in [-0.2, -0.15) is 0 Å². The molecule has 1 saturated heterocycles. The highest BCUT2D eigenvalue weighted by atomic mass is 32.2. The molecule has 1 N–H and O–H groups in total. The summed E-state index contributed by atoms with van der Waals surface area (Å²) < 4.78 is 10.9. The normalized spacial score (nSPS) is 15.4. The molecular formula is C19H18N2O4S2. The van der Waals surface area contributed by atoms with Gasteiger partial charge in [-0.05, 0) is 30.7 Å². The number of amides is 2. The summed E-state index contributed by atoms with van der Waals surface area (Å²) in [5.41, 5.74) is 0.673. The van der Waals surface area contributed by atoms with Crippen LogP contribution >= 0.6 is 24.0 Å². The van der Waals surface area contributed by atoms with E-state index in [-0.39, 0.29) is 18.2 Å². The smallest absolute Gasteiger partial charge is 0.266 e. The Hall–Kier alpha value is -2.58. The molecule has 1 aliphatic rings. The van der Waals surface area contributed by atoms with Crippen LogP contribution in [0.3, 0.4) is 0 Å². The molecule has 2 heterocycles. The number of rotatable bonds is 7. The van der Waals surface area contributed by atoms with Crippen LogP contribution in [0.4, 0.5) is 5.69 Å². The highest BCUT2D eigenvalue weighted by molar-refractivity contribution is 8.26. The standard InChI is InChI=1S/C19H18N2O4S2/c1-24-14-6-2-5-13(11-14)20-17(22)8-3-9-21-18(23)16(27-19(21)26)12-15-7-4-10-25-15/h2,4-7,10-12H,3,8-9H2,1H3,(H,20,22)/b16-12+. The number of hydrogen-bond donors (Lipinski definition) is 1. The van der Waals surface area contributed by atoms with Crippen molar-refractivity contribution in [1.82, 2.24) is 4.90 Å². The van der Waals surface area contributed by atoms with Gasteiger partial charge in [0.15, 0.2) is 0 Å². The van der Waals surface area contributed by atoms with Crippen LogP contribution in [-0.4, -0.2) is 34.7 Å².